The molecule has 1 aromatic rings. The average molecular weight is 264 g/mol. The number of carbonyl (C=O) groups is 1. The van der Waals surface area contributed by atoms with Crippen molar-refractivity contribution in [1.82, 2.24) is 20.3 Å². The number of likely N-dealkylation sites (tertiary alicyclic amines) is 1. The lowest BCUT2D eigenvalue weighted by atomic mass is 9.87. The molecule has 1 aromatic heterocycles. The number of aliphatic hydroxyl groups is 1. The molecule has 0 radical (unpaired) electrons. The first-order valence-corrected chi connectivity index (χ1v) is 7.12. The SMILES string of the molecule is O=C(c1cn[nH]n1)N1CCCCC1C1CCCC1O. The maximum atomic E-state index is 12.5. The molecule has 0 spiro atoms. The lowest BCUT2D eigenvalue weighted by Crippen LogP contribution is -2.49. The molecule has 6 nitrogen and oxygen atoms in total. The van der Waals surface area contributed by atoms with Gasteiger partial charge >= 0.3 is 0 Å². The van der Waals surface area contributed by atoms with Crippen LogP contribution in [0.3, 0.4) is 0 Å². The normalized spacial score (nSPS) is 31.6. The van der Waals surface area contributed by atoms with Crippen LogP contribution < -0.4 is 0 Å². The molecule has 2 fully saturated rings. The van der Waals surface area contributed by atoms with E-state index in [1.165, 1.54) is 6.20 Å². The summed E-state index contributed by atoms with van der Waals surface area (Å²) in [6, 6.07) is 0.162. The minimum absolute atomic E-state index is 0.0578. The highest BCUT2D eigenvalue weighted by atomic mass is 16.3. The highest BCUT2D eigenvalue weighted by Crippen LogP contribution is 2.35. The summed E-state index contributed by atoms with van der Waals surface area (Å²) in [6.45, 7) is 0.763. The number of aromatic nitrogens is 3. The van der Waals surface area contributed by atoms with Crippen molar-refractivity contribution in [3.05, 3.63) is 11.9 Å². The van der Waals surface area contributed by atoms with Crippen LogP contribution in [0.15, 0.2) is 6.20 Å². The molecule has 2 aliphatic rings. The van der Waals surface area contributed by atoms with Crippen molar-refractivity contribution in [3.63, 3.8) is 0 Å². The summed E-state index contributed by atoms with van der Waals surface area (Å²) in [6.07, 6.45) is 7.33. The molecule has 1 saturated carbocycles. The molecule has 1 amide bonds. The van der Waals surface area contributed by atoms with Gasteiger partial charge in [-0.25, -0.2) is 0 Å². The molecule has 0 bridgehead atoms. The number of piperidine rings is 1. The highest BCUT2D eigenvalue weighted by molar-refractivity contribution is 5.92. The molecule has 1 saturated heterocycles. The van der Waals surface area contributed by atoms with Crippen molar-refractivity contribution >= 4 is 5.91 Å². The summed E-state index contributed by atoms with van der Waals surface area (Å²) < 4.78 is 0. The third-order valence-corrected chi connectivity index (χ3v) is 4.47. The van der Waals surface area contributed by atoms with E-state index in [2.05, 4.69) is 15.4 Å². The number of hydrogen-bond donors (Lipinski definition) is 2. The van der Waals surface area contributed by atoms with E-state index < -0.39 is 0 Å². The van der Waals surface area contributed by atoms with Gasteiger partial charge in [0.15, 0.2) is 5.69 Å². The van der Waals surface area contributed by atoms with Crippen LogP contribution >= 0.6 is 0 Å². The Morgan fingerprint density at radius 1 is 1.32 bits per heavy atom. The maximum absolute atomic E-state index is 12.5. The molecule has 19 heavy (non-hydrogen) atoms. The van der Waals surface area contributed by atoms with Gasteiger partial charge in [-0.15, -0.1) is 0 Å². The van der Waals surface area contributed by atoms with Crippen LogP contribution in [0.1, 0.15) is 49.0 Å². The molecule has 0 aromatic carbocycles. The molecular formula is C13H20N4O2. The van der Waals surface area contributed by atoms with Crippen molar-refractivity contribution in [1.29, 1.82) is 0 Å². The van der Waals surface area contributed by atoms with Crippen LogP contribution in [0, 0.1) is 5.92 Å². The molecule has 3 atom stereocenters. The molecular weight excluding hydrogens is 244 g/mol. The number of hydrogen-bond acceptors (Lipinski definition) is 4. The van der Waals surface area contributed by atoms with Crippen LogP contribution in [-0.2, 0) is 0 Å². The molecule has 1 aliphatic carbocycles. The second kappa shape index (κ2) is 5.28. The highest BCUT2D eigenvalue weighted by Gasteiger charge is 2.39. The van der Waals surface area contributed by atoms with Gasteiger partial charge in [0, 0.05) is 18.5 Å². The van der Waals surface area contributed by atoms with E-state index in [0.717, 1.165) is 45.1 Å². The third-order valence-electron chi connectivity index (χ3n) is 4.47. The Balaban J connectivity index is 1.79. The third kappa shape index (κ3) is 2.36. The minimum Gasteiger partial charge on any atom is -0.393 e. The van der Waals surface area contributed by atoms with Gasteiger partial charge in [0.25, 0.3) is 5.91 Å². The predicted molar refractivity (Wildman–Crippen MR) is 68.4 cm³/mol. The van der Waals surface area contributed by atoms with Crippen LogP contribution in [0.4, 0.5) is 0 Å². The second-order valence-corrected chi connectivity index (χ2v) is 5.58. The van der Waals surface area contributed by atoms with Gasteiger partial charge in [-0.05, 0) is 32.1 Å². The monoisotopic (exact) mass is 264 g/mol. The van der Waals surface area contributed by atoms with E-state index in [1.807, 2.05) is 4.90 Å². The van der Waals surface area contributed by atoms with Crippen molar-refractivity contribution in [2.45, 2.75) is 50.7 Å². The number of nitrogens with one attached hydrogen (secondary N) is 1. The summed E-state index contributed by atoms with van der Waals surface area (Å²) in [5, 5.41) is 20.2. The quantitative estimate of drug-likeness (QED) is 0.833. The lowest BCUT2D eigenvalue weighted by molar-refractivity contribution is 0.0283. The van der Waals surface area contributed by atoms with E-state index in [4.69, 9.17) is 0 Å². The maximum Gasteiger partial charge on any atom is 0.276 e. The van der Waals surface area contributed by atoms with Crippen LogP contribution in [-0.4, -0.2) is 50.0 Å². The van der Waals surface area contributed by atoms with Crippen molar-refractivity contribution < 1.29 is 9.90 Å². The fourth-order valence-corrected chi connectivity index (χ4v) is 3.52. The molecule has 2 N–H and O–H groups in total. The van der Waals surface area contributed by atoms with Gasteiger partial charge < -0.3 is 10.0 Å². The van der Waals surface area contributed by atoms with Crippen LogP contribution in [0.2, 0.25) is 0 Å². The number of aliphatic hydroxyl groups excluding tert-OH is 1. The largest absolute Gasteiger partial charge is 0.393 e. The van der Waals surface area contributed by atoms with Gasteiger partial charge in [-0.1, -0.05) is 6.42 Å². The number of rotatable bonds is 2. The standard InChI is InChI=1S/C13H20N4O2/c18-12-6-3-4-9(12)11-5-1-2-7-17(11)13(19)10-8-14-16-15-10/h8-9,11-12,18H,1-7H2,(H,14,15,16). The summed E-state index contributed by atoms with van der Waals surface area (Å²) in [5.41, 5.74) is 0.374. The Morgan fingerprint density at radius 2 is 2.21 bits per heavy atom. The molecule has 104 valence electrons. The molecule has 3 unspecified atom stereocenters. The smallest absolute Gasteiger partial charge is 0.276 e. The van der Waals surface area contributed by atoms with E-state index in [-0.39, 0.29) is 24.0 Å². The predicted octanol–water partition coefficient (Wildman–Crippen LogP) is 0.960. The number of carbonyl (C=O) groups excluding carboxylic acids is 1. The van der Waals surface area contributed by atoms with E-state index >= 15 is 0 Å². The van der Waals surface area contributed by atoms with Gasteiger partial charge in [0.1, 0.15) is 0 Å². The summed E-state index contributed by atoms with van der Waals surface area (Å²) in [5.74, 6) is 0.175. The van der Waals surface area contributed by atoms with Gasteiger partial charge in [0.2, 0.25) is 0 Å². The molecule has 2 heterocycles. The Morgan fingerprint density at radius 3 is 2.89 bits per heavy atom. The van der Waals surface area contributed by atoms with Gasteiger partial charge in [0.05, 0.1) is 12.3 Å². The number of aromatic amines is 1. The first kappa shape index (κ1) is 12.6. The van der Waals surface area contributed by atoms with E-state index in [9.17, 15) is 9.90 Å². The Kier molecular flexibility index (Phi) is 3.50. The molecule has 6 heteroatoms. The Bertz CT molecular complexity index is 434. The number of H-pyrrole nitrogens is 1. The molecule has 3 rings (SSSR count). The first-order chi connectivity index (χ1) is 9.27. The van der Waals surface area contributed by atoms with Crippen molar-refractivity contribution in [2.75, 3.05) is 6.54 Å². The second-order valence-electron chi connectivity index (χ2n) is 5.58. The van der Waals surface area contributed by atoms with Crippen LogP contribution in [0.25, 0.3) is 0 Å². The average Bonchev–Trinajstić information content (AvgIpc) is 3.09. The van der Waals surface area contributed by atoms with Crippen molar-refractivity contribution in [2.24, 2.45) is 5.92 Å². The first-order valence-electron chi connectivity index (χ1n) is 7.12. The summed E-state index contributed by atoms with van der Waals surface area (Å²) in [7, 11) is 0. The fraction of sp³-hybridized carbons (Fsp3) is 0.769. The van der Waals surface area contributed by atoms with E-state index in [1.54, 1.807) is 0 Å². The Hall–Kier alpha value is -1.43. The Labute approximate surface area is 112 Å². The van der Waals surface area contributed by atoms with E-state index in [0.29, 0.717) is 5.69 Å². The lowest BCUT2D eigenvalue weighted by Gasteiger charge is -2.40. The number of amides is 1. The topological polar surface area (TPSA) is 82.1 Å². The number of nitrogens with zero attached hydrogens (tertiary/aromatic N) is 3. The summed E-state index contributed by atoms with van der Waals surface area (Å²) in [4.78, 5) is 14.4. The van der Waals surface area contributed by atoms with Crippen LogP contribution in [0.5, 0.6) is 0 Å². The zero-order valence-corrected chi connectivity index (χ0v) is 11.0. The van der Waals surface area contributed by atoms with Gasteiger partial charge in [-0.2, -0.15) is 15.4 Å². The summed E-state index contributed by atoms with van der Waals surface area (Å²) >= 11 is 0. The zero-order chi connectivity index (χ0) is 13.2. The van der Waals surface area contributed by atoms with Crippen molar-refractivity contribution in [3.8, 4) is 0 Å². The molecule has 1 aliphatic heterocycles. The fourth-order valence-electron chi connectivity index (χ4n) is 3.52. The van der Waals surface area contributed by atoms with Gasteiger partial charge in [-0.3, -0.25) is 4.79 Å². The zero-order valence-electron chi connectivity index (χ0n) is 11.0. The minimum atomic E-state index is -0.254.